The van der Waals surface area contributed by atoms with Crippen molar-refractivity contribution in [2.45, 2.75) is 0 Å². The van der Waals surface area contributed by atoms with E-state index in [-0.39, 0.29) is 0 Å². The molecule has 0 atom stereocenters. The molecule has 3 heteroatoms. The summed E-state index contributed by atoms with van der Waals surface area (Å²) in [6, 6.07) is 7.78. The molecule has 0 aliphatic rings. The molecule has 0 saturated carbocycles. The Labute approximate surface area is 82.9 Å². The first-order valence-corrected chi connectivity index (χ1v) is 4.50. The Kier molecular flexibility index (Phi) is 3.64. The molecule has 0 spiro atoms. The van der Waals surface area contributed by atoms with Gasteiger partial charge in [0.15, 0.2) is 0 Å². The van der Waals surface area contributed by atoms with Crippen molar-refractivity contribution in [3.63, 3.8) is 0 Å². The van der Waals surface area contributed by atoms with Gasteiger partial charge in [-0.2, -0.15) is 0 Å². The maximum absolute atomic E-state index is 5.09. The van der Waals surface area contributed by atoms with Gasteiger partial charge in [0.1, 0.15) is 0 Å². The topological polar surface area (TPSA) is 18.5 Å². The van der Waals surface area contributed by atoms with Crippen molar-refractivity contribution >= 4 is 4.08 Å². The number of rotatable bonds is 3. The van der Waals surface area contributed by atoms with Gasteiger partial charge >= 0.3 is 82.7 Å². The molecule has 0 fully saturated rings. The molecule has 0 heterocycles. The fourth-order valence-electron chi connectivity index (χ4n) is 0.845. The molecular weight excluding hydrogens is 236 g/mol. The molecule has 0 unspecified atom stereocenters. The zero-order valence-electron chi connectivity index (χ0n) is 7.03. The van der Waals surface area contributed by atoms with Crippen LogP contribution in [0.5, 0.6) is 5.75 Å². The predicted molar refractivity (Wildman–Crippen MR) is 44.1 cm³/mol. The molecule has 2 nitrogen and oxygen atoms in total. The van der Waals surface area contributed by atoms with E-state index in [1.54, 1.807) is 14.2 Å². The average molecular weight is 246 g/mol. The quantitative estimate of drug-likeness (QED) is 0.750. The van der Waals surface area contributed by atoms with Crippen LogP contribution in [0, 0.1) is 0 Å². The van der Waals surface area contributed by atoms with Crippen molar-refractivity contribution in [2.75, 3.05) is 14.2 Å². The summed E-state index contributed by atoms with van der Waals surface area (Å²) in [4.78, 5) is 0. The van der Waals surface area contributed by atoms with Crippen molar-refractivity contribution in [3.8, 4) is 5.75 Å². The molecule has 0 aromatic heterocycles. The van der Waals surface area contributed by atoms with Gasteiger partial charge in [-0.1, -0.05) is 0 Å². The molecule has 0 aliphatic carbocycles. The van der Waals surface area contributed by atoms with Crippen LogP contribution >= 0.6 is 0 Å². The van der Waals surface area contributed by atoms with Crippen LogP contribution in [0.3, 0.4) is 0 Å². The van der Waals surface area contributed by atoms with E-state index < -0.39 is 0 Å². The van der Waals surface area contributed by atoms with Crippen LogP contribution in [-0.2, 0) is 24.1 Å². The molecule has 1 rings (SSSR count). The number of ether oxygens (including phenoxy) is 2. The second-order valence-electron chi connectivity index (χ2n) is 2.22. The molecule has 1 aromatic rings. The van der Waals surface area contributed by atoms with E-state index in [1.807, 2.05) is 43.6 Å². The Morgan fingerprint density at radius 1 is 1.17 bits per heavy atom. The second kappa shape index (κ2) is 4.54. The van der Waals surface area contributed by atoms with E-state index in [2.05, 4.69) is 0 Å². The number of hydrogen-bond donors (Lipinski definition) is 0. The van der Waals surface area contributed by atoms with E-state index in [1.165, 1.54) is 0 Å². The van der Waals surface area contributed by atoms with Gasteiger partial charge < -0.3 is 0 Å². The van der Waals surface area contributed by atoms with Gasteiger partial charge in [-0.25, -0.2) is 0 Å². The molecule has 64 valence electrons. The first-order valence-electron chi connectivity index (χ1n) is 3.50. The van der Waals surface area contributed by atoms with Crippen LogP contribution < -0.4 is 4.74 Å². The Balaban J connectivity index is 2.84. The van der Waals surface area contributed by atoms with E-state index in [0.717, 1.165) is 15.4 Å². The van der Waals surface area contributed by atoms with Gasteiger partial charge in [-0.15, -0.1) is 0 Å². The number of methoxy groups -OCH3 is 2. The second-order valence-corrected chi connectivity index (χ2v) is 3.13. The zero-order valence-corrected chi connectivity index (χ0v) is 9.04. The summed E-state index contributed by atoms with van der Waals surface area (Å²) in [6.45, 7) is 0. The van der Waals surface area contributed by atoms with Crippen molar-refractivity contribution in [3.05, 3.63) is 29.8 Å². The standard InChI is InChI=1S/C9H10O2.Mo/c1-10-7-8-3-5-9(11-2)6-4-8;/h3-6H,1-2H3;. The molecule has 1 aromatic carbocycles. The maximum atomic E-state index is 5.09. The van der Waals surface area contributed by atoms with Crippen LogP contribution in [-0.4, -0.2) is 18.3 Å². The zero-order chi connectivity index (χ0) is 8.97. The number of benzene rings is 1. The van der Waals surface area contributed by atoms with Crippen LogP contribution in [0.4, 0.5) is 0 Å². The van der Waals surface area contributed by atoms with Crippen LogP contribution in [0.25, 0.3) is 0 Å². The summed E-state index contributed by atoms with van der Waals surface area (Å²) in [5.41, 5.74) is 1.09. The summed E-state index contributed by atoms with van der Waals surface area (Å²) < 4.78 is 11.0. The van der Waals surface area contributed by atoms with Crippen molar-refractivity contribution in [2.24, 2.45) is 0 Å². The molecule has 0 N–H and O–H groups in total. The van der Waals surface area contributed by atoms with E-state index in [9.17, 15) is 0 Å². The summed E-state index contributed by atoms with van der Waals surface area (Å²) in [5, 5.41) is 0. The summed E-state index contributed by atoms with van der Waals surface area (Å²) >= 11 is 1.86. The monoisotopic (exact) mass is 248 g/mol. The Bertz CT molecular complexity index is 266. The molecule has 0 bridgehead atoms. The molecule has 0 radical (unpaired) electrons. The third-order valence-electron chi connectivity index (χ3n) is 1.51. The molecule has 0 amide bonds. The Morgan fingerprint density at radius 3 is 2.17 bits per heavy atom. The van der Waals surface area contributed by atoms with Gasteiger partial charge in [-0.05, 0) is 0 Å². The Hall–Kier alpha value is -0.462. The third kappa shape index (κ3) is 2.26. The molecular formula is C9H10MoO2. The van der Waals surface area contributed by atoms with Gasteiger partial charge in [0.05, 0.1) is 0 Å². The van der Waals surface area contributed by atoms with Crippen LogP contribution in [0.2, 0.25) is 0 Å². The SMILES string of the molecule is CO[C](=[Mo])c1ccc(OC)cc1. The predicted octanol–water partition coefficient (Wildman–Crippen LogP) is 1.37. The first-order chi connectivity index (χ1) is 5.77. The van der Waals surface area contributed by atoms with Crippen LogP contribution in [0.1, 0.15) is 5.56 Å². The minimum absolute atomic E-state index is 0.865. The first kappa shape index (κ1) is 9.62. The van der Waals surface area contributed by atoms with Gasteiger partial charge in [0, 0.05) is 0 Å². The van der Waals surface area contributed by atoms with E-state index in [0.29, 0.717) is 0 Å². The normalized spacial score (nSPS) is 9.50. The van der Waals surface area contributed by atoms with E-state index in [4.69, 9.17) is 9.47 Å². The van der Waals surface area contributed by atoms with Gasteiger partial charge in [-0.3, -0.25) is 0 Å². The fraction of sp³-hybridized carbons (Fsp3) is 0.222. The summed E-state index contributed by atoms with van der Waals surface area (Å²) in [5.74, 6) is 0.865. The summed E-state index contributed by atoms with van der Waals surface area (Å²) in [6.07, 6.45) is 0. The summed E-state index contributed by atoms with van der Waals surface area (Å²) in [7, 11) is 3.32. The van der Waals surface area contributed by atoms with Gasteiger partial charge in [0.2, 0.25) is 0 Å². The number of hydrogen-bond acceptors (Lipinski definition) is 2. The fourth-order valence-corrected chi connectivity index (χ4v) is 1.18. The van der Waals surface area contributed by atoms with Gasteiger partial charge in [0.25, 0.3) is 0 Å². The van der Waals surface area contributed by atoms with Crippen molar-refractivity contribution in [1.82, 2.24) is 0 Å². The minimum atomic E-state index is 0.865. The van der Waals surface area contributed by atoms with E-state index >= 15 is 0 Å². The molecule has 12 heavy (non-hydrogen) atoms. The molecule has 0 saturated heterocycles. The third-order valence-corrected chi connectivity index (χ3v) is 2.50. The molecule has 0 aliphatic heterocycles. The van der Waals surface area contributed by atoms with Crippen molar-refractivity contribution in [1.29, 1.82) is 0 Å². The van der Waals surface area contributed by atoms with Crippen molar-refractivity contribution < 1.29 is 28.8 Å². The van der Waals surface area contributed by atoms with Crippen LogP contribution in [0.15, 0.2) is 24.3 Å². The Morgan fingerprint density at radius 2 is 1.75 bits per heavy atom. The average Bonchev–Trinajstić information content (AvgIpc) is 2.17.